The molecule has 0 rings (SSSR count). The molecule has 2 heteroatoms. The molecule has 0 heterocycles. The molecule has 0 fully saturated rings. The number of hydrogen-bond acceptors (Lipinski definition) is 2. The van der Waals surface area contributed by atoms with Crippen LogP contribution in [0.1, 0.15) is 46.5 Å². The van der Waals surface area contributed by atoms with E-state index in [1.807, 2.05) is 6.08 Å². The molecule has 0 saturated heterocycles. The zero-order chi connectivity index (χ0) is 11.5. The third kappa shape index (κ3) is 10.3. The third-order valence-corrected chi connectivity index (χ3v) is 3.54. The van der Waals surface area contributed by atoms with Gasteiger partial charge >= 0.3 is 0 Å². The smallest absolute Gasteiger partial charge is 0.0158 e. The standard InChI is InChI=1S/C13H27NS/c1-5-7-8-9-13(14-10-6-2)11-15-12(3)4/h5,12-14H,1,6-11H2,2-4H3. The van der Waals surface area contributed by atoms with E-state index in [4.69, 9.17) is 0 Å². The van der Waals surface area contributed by atoms with Gasteiger partial charge in [-0.05, 0) is 37.5 Å². The molecule has 0 aromatic heterocycles. The van der Waals surface area contributed by atoms with Crippen molar-refractivity contribution in [1.82, 2.24) is 5.32 Å². The van der Waals surface area contributed by atoms with Crippen molar-refractivity contribution >= 4 is 11.8 Å². The Labute approximate surface area is 100 Å². The number of thioether (sulfide) groups is 1. The van der Waals surface area contributed by atoms with E-state index in [1.54, 1.807) is 0 Å². The van der Waals surface area contributed by atoms with Gasteiger partial charge in [0.15, 0.2) is 0 Å². The molecule has 0 spiro atoms. The predicted octanol–water partition coefficient (Wildman–Crippen LogP) is 3.85. The Morgan fingerprint density at radius 3 is 2.67 bits per heavy atom. The second-order valence-electron chi connectivity index (χ2n) is 4.25. The first-order chi connectivity index (χ1) is 7.20. The van der Waals surface area contributed by atoms with E-state index in [0.717, 1.165) is 18.2 Å². The largest absolute Gasteiger partial charge is 0.313 e. The summed E-state index contributed by atoms with van der Waals surface area (Å²) in [6, 6.07) is 0.692. The van der Waals surface area contributed by atoms with Gasteiger partial charge in [0, 0.05) is 11.8 Å². The second kappa shape index (κ2) is 10.6. The number of allylic oxidation sites excluding steroid dienone is 1. The van der Waals surface area contributed by atoms with Gasteiger partial charge in [-0.3, -0.25) is 0 Å². The van der Waals surface area contributed by atoms with Gasteiger partial charge < -0.3 is 5.32 Å². The average Bonchev–Trinajstić information content (AvgIpc) is 2.21. The zero-order valence-corrected chi connectivity index (χ0v) is 11.4. The lowest BCUT2D eigenvalue weighted by atomic mass is 10.1. The zero-order valence-electron chi connectivity index (χ0n) is 10.6. The van der Waals surface area contributed by atoms with Gasteiger partial charge in [-0.1, -0.05) is 26.8 Å². The summed E-state index contributed by atoms with van der Waals surface area (Å²) in [5.74, 6) is 1.24. The van der Waals surface area contributed by atoms with E-state index in [2.05, 4.69) is 44.4 Å². The quantitative estimate of drug-likeness (QED) is 0.451. The van der Waals surface area contributed by atoms with Crippen molar-refractivity contribution < 1.29 is 0 Å². The lowest BCUT2D eigenvalue weighted by Crippen LogP contribution is -2.32. The van der Waals surface area contributed by atoms with Gasteiger partial charge in [0.1, 0.15) is 0 Å². The molecule has 0 amide bonds. The van der Waals surface area contributed by atoms with Crippen molar-refractivity contribution in [3.63, 3.8) is 0 Å². The first-order valence-electron chi connectivity index (χ1n) is 6.16. The van der Waals surface area contributed by atoms with Gasteiger partial charge in [0.25, 0.3) is 0 Å². The van der Waals surface area contributed by atoms with Gasteiger partial charge in [-0.15, -0.1) is 6.58 Å². The summed E-state index contributed by atoms with van der Waals surface area (Å²) in [6.07, 6.45) is 6.95. The van der Waals surface area contributed by atoms with Crippen molar-refractivity contribution in [2.24, 2.45) is 0 Å². The van der Waals surface area contributed by atoms with E-state index in [1.165, 1.54) is 25.0 Å². The number of hydrogen-bond donors (Lipinski definition) is 1. The van der Waals surface area contributed by atoms with Crippen molar-refractivity contribution in [2.45, 2.75) is 57.7 Å². The maximum atomic E-state index is 3.77. The molecule has 1 N–H and O–H groups in total. The van der Waals surface area contributed by atoms with E-state index in [0.29, 0.717) is 6.04 Å². The van der Waals surface area contributed by atoms with Crippen LogP contribution < -0.4 is 5.32 Å². The maximum Gasteiger partial charge on any atom is 0.0158 e. The Balaban J connectivity index is 3.67. The second-order valence-corrected chi connectivity index (χ2v) is 5.86. The van der Waals surface area contributed by atoms with Gasteiger partial charge in [0.05, 0.1) is 0 Å². The highest BCUT2D eigenvalue weighted by Crippen LogP contribution is 2.14. The highest BCUT2D eigenvalue weighted by molar-refractivity contribution is 7.99. The molecule has 1 nitrogen and oxygen atoms in total. The van der Waals surface area contributed by atoms with Crippen LogP contribution in [0.25, 0.3) is 0 Å². The molecule has 15 heavy (non-hydrogen) atoms. The number of unbranched alkanes of at least 4 members (excludes halogenated alkanes) is 1. The maximum absolute atomic E-state index is 3.77. The van der Waals surface area contributed by atoms with Crippen molar-refractivity contribution in [1.29, 1.82) is 0 Å². The van der Waals surface area contributed by atoms with E-state index < -0.39 is 0 Å². The fraction of sp³-hybridized carbons (Fsp3) is 0.846. The van der Waals surface area contributed by atoms with E-state index in [-0.39, 0.29) is 0 Å². The lowest BCUT2D eigenvalue weighted by molar-refractivity contribution is 0.506. The molecular formula is C13H27NS. The monoisotopic (exact) mass is 229 g/mol. The predicted molar refractivity (Wildman–Crippen MR) is 73.7 cm³/mol. The molecule has 1 unspecified atom stereocenters. The summed E-state index contributed by atoms with van der Waals surface area (Å²) in [4.78, 5) is 0. The van der Waals surface area contributed by atoms with Crippen molar-refractivity contribution in [3.8, 4) is 0 Å². The summed E-state index contributed by atoms with van der Waals surface area (Å²) in [5.41, 5.74) is 0. The van der Waals surface area contributed by atoms with Crippen molar-refractivity contribution in [2.75, 3.05) is 12.3 Å². The highest BCUT2D eigenvalue weighted by Gasteiger charge is 2.08. The highest BCUT2D eigenvalue weighted by atomic mass is 32.2. The summed E-state index contributed by atoms with van der Waals surface area (Å²) in [7, 11) is 0. The van der Waals surface area contributed by atoms with Crippen LogP contribution >= 0.6 is 11.8 Å². The molecule has 0 saturated carbocycles. The van der Waals surface area contributed by atoms with Crippen LogP contribution in [0, 0.1) is 0 Å². The van der Waals surface area contributed by atoms with Crippen LogP contribution in [-0.4, -0.2) is 23.6 Å². The van der Waals surface area contributed by atoms with E-state index in [9.17, 15) is 0 Å². The van der Waals surface area contributed by atoms with Gasteiger partial charge in [-0.25, -0.2) is 0 Å². The van der Waals surface area contributed by atoms with Crippen LogP contribution in [0.5, 0.6) is 0 Å². The Morgan fingerprint density at radius 2 is 2.13 bits per heavy atom. The summed E-state index contributed by atoms with van der Waals surface area (Å²) in [5, 5.41) is 4.37. The Morgan fingerprint density at radius 1 is 1.40 bits per heavy atom. The van der Waals surface area contributed by atoms with Gasteiger partial charge in [0.2, 0.25) is 0 Å². The lowest BCUT2D eigenvalue weighted by Gasteiger charge is -2.18. The molecule has 0 aliphatic heterocycles. The molecule has 0 radical (unpaired) electrons. The fourth-order valence-corrected chi connectivity index (χ4v) is 2.31. The van der Waals surface area contributed by atoms with Crippen LogP contribution in [0.2, 0.25) is 0 Å². The molecule has 0 bridgehead atoms. The summed E-state index contributed by atoms with van der Waals surface area (Å²) in [6.45, 7) is 11.7. The molecule has 90 valence electrons. The first kappa shape index (κ1) is 15.0. The summed E-state index contributed by atoms with van der Waals surface area (Å²) < 4.78 is 0. The summed E-state index contributed by atoms with van der Waals surface area (Å²) >= 11 is 2.06. The van der Waals surface area contributed by atoms with Crippen LogP contribution in [0.3, 0.4) is 0 Å². The van der Waals surface area contributed by atoms with Crippen LogP contribution in [-0.2, 0) is 0 Å². The Bertz CT molecular complexity index is 145. The molecule has 1 atom stereocenters. The van der Waals surface area contributed by atoms with E-state index >= 15 is 0 Å². The molecule has 0 aromatic carbocycles. The van der Waals surface area contributed by atoms with Crippen molar-refractivity contribution in [3.05, 3.63) is 12.7 Å². The molecular weight excluding hydrogens is 202 g/mol. The molecule has 0 aromatic rings. The average molecular weight is 229 g/mol. The SMILES string of the molecule is C=CCCCC(CSC(C)C)NCCC. The first-order valence-corrected chi connectivity index (χ1v) is 7.21. The number of nitrogens with one attached hydrogen (secondary N) is 1. The Kier molecular flexibility index (Phi) is 10.6. The minimum atomic E-state index is 0.692. The molecule has 0 aliphatic rings. The number of rotatable bonds is 10. The Hall–Kier alpha value is 0.0500. The molecule has 0 aliphatic carbocycles. The van der Waals surface area contributed by atoms with Crippen LogP contribution in [0.15, 0.2) is 12.7 Å². The fourth-order valence-electron chi connectivity index (χ4n) is 1.41. The topological polar surface area (TPSA) is 12.0 Å². The normalized spacial score (nSPS) is 13.1. The van der Waals surface area contributed by atoms with Gasteiger partial charge in [-0.2, -0.15) is 11.8 Å². The van der Waals surface area contributed by atoms with Crippen LogP contribution in [0.4, 0.5) is 0 Å². The minimum Gasteiger partial charge on any atom is -0.313 e. The third-order valence-electron chi connectivity index (χ3n) is 2.27. The minimum absolute atomic E-state index is 0.692.